The number of allylic oxidation sites excluding steroid dienone is 3. The highest BCUT2D eigenvalue weighted by Crippen LogP contribution is 2.42. The Hall–Kier alpha value is -7.23. The molecule has 1 saturated carbocycles. The molecule has 2 atom stereocenters. The first kappa shape index (κ1) is 40.5. The van der Waals surface area contributed by atoms with Gasteiger partial charge in [0.15, 0.2) is 0 Å². The summed E-state index contributed by atoms with van der Waals surface area (Å²) >= 11 is 0. The van der Waals surface area contributed by atoms with E-state index in [1.54, 1.807) is 6.07 Å². The van der Waals surface area contributed by atoms with Gasteiger partial charge < -0.3 is 9.80 Å². The van der Waals surface area contributed by atoms with Crippen molar-refractivity contribution in [1.29, 1.82) is 0 Å². The van der Waals surface area contributed by atoms with Gasteiger partial charge in [0, 0.05) is 39.5 Å². The number of nitrogens with zero attached hydrogens (tertiary/aromatic N) is 2. The number of anilines is 5. The second-order valence-corrected chi connectivity index (χ2v) is 18.0. The molecular formula is C62H53FN2. The Labute approximate surface area is 383 Å². The zero-order valence-corrected chi connectivity index (χ0v) is 36.8. The molecule has 8 aromatic carbocycles. The van der Waals surface area contributed by atoms with Crippen LogP contribution in [-0.4, -0.2) is 0 Å². The zero-order valence-electron chi connectivity index (χ0n) is 36.8. The van der Waals surface area contributed by atoms with Crippen LogP contribution in [0.3, 0.4) is 0 Å². The molecule has 0 bridgehead atoms. The average Bonchev–Trinajstić information content (AvgIpc) is 3.37. The van der Waals surface area contributed by atoms with Gasteiger partial charge in [-0.25, -0.2) is 4.39 Å². The van der Waals surface area contributed by atoms with Crippen LogP contribution in [0.2, 0.25) is 0 Å². The highest BCUT2D eigenvalue weighted by Gasteiger charge is 2.27. The van der Waals surface area contributed by atoms with Crippen LogP contribution in [0.15, 0.2) is 194 Å². The predicted molar refractivity (Wildman–Crippen MR) is 275 cm³/mol. The highest BCUT2D eigenvalue weighted by atomic mass is 19.1. The normalized spacial score (nSPS) is 17.0. The highest BCUT2D eigenvalue weighted by molar-refractivity contribution is 6.09. The van der Waals surface area contributed by atoms with Crippen LogP contribution in [0.4, 0.5) is 32.8 Å². The smallest absolute Gasteiger partial charge is 0.131 e. The van der Waals surface area contributed by atoms with Crippen LogP contribution in [-0.2, 0) is 12.8 Å². The maximum Gasteiger partial charge on any atom is 0.131 e. The van der Waals surface area contributed by atoms with Crippen LogP contribution in [0.1, 0.15) is 71.9 Å². The van der Waals surface area contributed by atoms with Gasteiger partial charge in [0.05, 0.1) is 0 Å². The maximum atomic E-state index is 15.6. The Kier molecular flexibility index (Phi) is 11.3. The fourth-order valence-electron chi connectivity index (χ4n) is 10.5. The second-order valence-electron chi connectivity index (χ2n) is 18.0. The van der Waals surface area contributed by atoms with Crippen molar-refractivity contribution in [2.24, 2.45) is 11.8 Å². The minimum atomic E-state index is -0.201. The molecule has 1 fully saturated rings. The molecule has 65 heavy (non-hydrogen) atoms. The molecule has 0 N–H and O–H groups in total. The number of rotatable bonds is 10. The van der Waals surface area contributed by atoms with E-state index in [4.69, 9.17) is 0 Å². The molecule has 3 heteroatoms. The van der Waals surface area contributed by atoms with E-state index in [2.05, 4.69) is 198 Å². The third kappa shape index (κ3) is 8.47. The lowest BCUT2D eigenvalue weighted by atomic mass is 9.76. The molecule has 3 aliphatic carbocycles. The third-order valence-corrected chi connectivity index (χ3v) is 13.9. The monoisotopic (exact) mass is 844 g/mol. The van der Waals surface area contributed by atoms with Crippen molar-refractivity contribution in [2.75, 3.05) is 9.80 Å². The van der Waals surface area contributed by atoms with Crippen molar-refractivity contribution in [3.8, 4) is 0 Å². The van der Waals surface area contributed by atoms with Crippen molar-refractivity contribution >= 4 is 74.3 Å². The Bertz CT molecular complexity index is 3110. The first-order valence-corrected chi connectivity index (χ1v) is 23.5. The molecular weight excluding hydrogens is 792 g/mol. The van der Waals surface area contributed by atoms with Crippen LogP contribution < -0.4 is 9.80 Å². The minimum Gasteiger partial charge on any atom is -0.311 e. The predicted octanol–water partition coefficient (Wildman–Crippen LogP) is 17.2. The number of hydrogen-bond acceptors (Lipinski definition) is 2. The summed E-state index contributed by atoms with van der Waals surface area (Å²) in [4.78, 5) is 4.79. The molecule has 0 heterocycles. The van der Waals surface area contributed by atoms with Gasteiger partial charge in [0.25, 0.3) is 0 Å². The van der Waals surface area contributed by atoms with Crippen molar-refractivity contribution in [3.63, 3.8) is 0 Å². The first-order chi connectivity index (χ1) is 32.1. The summed E-state index contributed by atoms with van der Waals surface area (Å²) in [7, 11) is 0. The van der Waals surface area contributed by atoms with Crippen molar-refractivity contribution < 1.29 is 4.39 Å². The molecule has 2 unspecified atom stereocenters. The Morgan fingerprint density at radius 1 is 0.446 bits per heavy atom. The lowest BCUT2D eigenvalue weighted by molar-refractivity contribution is 0.333. The van der Waals surface area contributed by atoms with Gasteiger partial charge in [-0.3, -0.25) is 0 Å². The van der Waals surface area contributed by atoms with Crippen LogP contribution in [0, 0.1) is 17.7 Å². The van der Waals surface area contributed by atoms with Crippen molar-refractivity contribution in [1.82, 2.24) is 0 Å². The largest absolute Gasteiger partial charge is 0.311 e. The second kappa shape index (κ2) is 18.1. The van der Waals surface area contributed by atoms with Crippen LogP contribution in [0.5, 0.6) is 0 Å². The number of benzene rings is 8. The number of para-hydroxylation sites is 2. The summed E-state index contributed by atoms with van der Waals surface area (Å²) < 4.78 is 15.6. The minimum absolute atomic E-state index is 0.201. The van der Waals surface area contributed by atoms with Gasteiger partial charge in [-0.05, 0) is 179 Å². The molecule has 0 amide bonds. The van der Waals surface area contributed by atoms with E-state index in [1.165, 1.54) is 61.0 Å². The molecule has 0 radical (unpaired) electrons. The summed E-state index contributed by atoms with van der Waals surface area (Å²) in [6.07, 6.45) is 25.8. The fraction of sp³-hybridized carbons (Fsp3) is 0.161. The summed E-state index contributed by atoms with van der Waals surface area (Å²) in [5.41, 5.74) is 14.4. The molecule has 0 saturated heterocycles. The van der Waals surface area contributed by atoms with Crippen molar-refractivity contribution in [2.45, 2.75) is 51.4 Å². The van der Waals surface area contributed by atoms with Gasteiger partial charge in [-0.15, -0.1) is 0 Å². The van der Waals surface area contributed by atoms with Gasteiger partial charge in [-0.1, -0.05) is 146 Å². The van der Waals surface area contributed by atoms with Gasteiger partial charge in [-0.2, -0.15) is 0 Å². The van der Waals surface area contributed by atoms with Gasteiger partial charge >= 0.3 is 0 Å². The molecule has 11 rings (SSSR count). The number of fused-ring (bicyclic) bond motifs is 5. The SMILES string of the molecule is Fc1cc2ccc(/C=C\c3ccc(N(c4ccccc4)c4cccc5c4CCCC5)cc3)cc2c2cc(/C=C\c3ccc(N(C4=CC5CCCCC5C=C4)c4ccccc4)cc3)ccc12. The summed E-state index contributed by atoms with van der Waals surface area (Å²) in [5, 5.41) is 3.47. The molecule has 0 aliphatic heterocycles. The van der Waals surface area contributed by atoms with E-state index in [0.717, 1.165) is 74.0 Å². The number of hydrogen-bond donors (Lipinski definition) is 0. The standard InChI is InChI=1S/C62H53FN2/c63-61-43-51-32-26-46(24-22-45-29-36-55(37-30-45)65(53-18-5-2-6-19-53)62-21-11-15-49-13-9-10-20-57(49)62)40-59(51)60-41-47(31-39-58(60)61)25-23-44-27-34-54(35-28-44)64(52-16-3-1-4-17-52)56-38-33-48-12-7-8-14-50(48)42-56/h1-6,11,15-19,21-43,48,50H,7-10,12-14,20H2/b24-22-,25-23-. The fourth-order valence-corrected chi connectivity index (χ4v) is 10.5. The molecule has 0 spiro atoms. The van der Waals surface area contributed by atoms with E-state index < -0.39 is 0 Å². The summed E-state index contributed by atoms with van der Waals surface area (Å²) in [5.74, 6) is 1.08. The van der Waals surface area contributed by atoms with Crippen molar-refractivity contribution in [3.05, 3.63) is 233 Å². The summed E-state index contributed by atoms with van der Waals surface area (Å²) in [6.45, 7) is 0. The molecule has 3 aliphatic rings. The van der Waals surface area contributed by atoms with E-state index in [1.807, 2.05) is 18.2 Å². The summed E-state index contributed by atoms with van der Waals surface area (Å²) in [6, 6.07) is 59.9. The van der Waals surface area contributed by atoms with Crippen LogP contribution in [0.25, 0.3) is 45.8 Å². The molecule has 318 valence electrons. The van der Waals surface area contributed by atoms with Crippen LogP contribution >= 0.6 is 0 Å². The van der Waals surface area contributed by atoms with E-state index in [9.17, 15) is 0 Å². The lowest BCUT2D eigenvalue weighted by Gasteiger charge is -2.34. The molecule has 2 nitrogen and oxygen atoms in total. The topological polar surface area (TPSA) is 6.48 Å². The number of halogens is 1. The Morgan fingerprint density at radius 2 is 1.02 bits per heavy atom. The third-order valence-electron chi connectivity index (χ3n) is 13.9. The van der Waals surface area contributed by atoms with E-state index >= 15 is 4.39 Å². The number of aryl methyl sites for hydroxylation is 1. The molecule has 0 aromatic heterocycles. The zero-order chi connectivity index (χ0) is 43.5. The van der Waals surface area contributed by atoms with E-state index in [-0.39, 0.29) is 5.82 Å². The average molecular weight is 845 g/mol. The van der Waals surface area contributed by atoms with Gasteiger partial charge in [0.1, 0.15) is 5.82 Å². The Morgan fingerprint density at radius 3 is 1.72 bits per heavy atom. The Balaban J connectivity index is 0.845. The lowest BCUT2D eigenvalue weighted by Crippen LogP contribution is -2.23. The quantitative estimate of drug-likeness (QED) is 0.0999. The first-order valence-electron chi connectivity index (χ1n) is 23.5. The van der Waals surface area contributed by atoms with E-state index in [0.29, 0.717) is 17.2 Å². The van der Waals surface area contributed by atoms with Gasteiger partial charge in [0.2, 0.25) is 0 Å². The molecule has 8 aromatic rings. The maximum absolute atomic E-state index is 15.6.